The van der Waals surface area contributed by atoms with Gasteiger partial charge in [-0.2, -0.15) is 5.10 Å². The highest BCUT2D eigenvalue weighted by molar-refractivity contribution is 5.94. The molecule has 0 fully saturated rings. The number of hydrogen-bond donors (Lipinski definition) is 1. The zero-order valence-electron chi connectivity index (χ0n) is 14.6. The summed E-state index contributed by atoms with van der Waals surface area (Å²) in [5.41, 5.74) is 4.06. The van der Waals surface area contributed by atoms with Gasteiger partial charge < -0.3 is 9.15 Å². The second-order valence-electron chi connectivity index (χ2n) is 5.44. The number of rotatable bonds is 6. The van der Waals surface area contributed by atoms with Gasteiger partial charge in [0.2, 0.25) is 0 Å². The monoisotopic (exact) mass is 363 g/mol. The fourth-order valence-corrected chi connectivity index (χ4v) is 2.31. The summed E-state index contributed by atoms with van der Waals surface area (Å²) in [6, 6.07) is 13.6. The molecule has 0 spiro atoms. The molecular formula is C20H17N3O4. The molecule has 0 aliphatic heterocycles. The molecule has 0 saturated carbocycles. The van der Waals surface area contributed by atoms with Crippen molar-refractivity contribution in [2.24, 2.45) is 5.10 Å². The Bertz CT molecular complexity index is 964. The number of aromatic nitrogens is 1. The third kappa shape index (κ3) is 4.66. The van der Waals surface area contributed by atoms with Crippen molar-refractivity contribution in [1.29, 1.82) is 0 Å². The van der Waals surface area contributed by atoms with E-state index in [0.29, 0.717) is 29.3 Å². The van der Waals surface area contributed by atoms with Crippen molar-refractivity contribution >= 4 is 18.1 Å². The van der Waals surface area contributed by atoms with E-state index in [2.05, 4.69) is 15.5 Å². The van der Waals surface area contributed by atoms with Gasteiger partial charge in [0.05, 0.1) is 18.4 Å². The molecule has 1 amide bonds. The van der Waals surface area contributed by atoms with Crippen LogP contribution in [0.5, 0.6) is 0 Å². The highest BCUT2D eigenvalue weighted by Crippen LogP contribution is 2.23. The number of hydrogen-bond acceptors (Lipinski definition) is 6. The van der Waals surface area contributed by atoms with Crippen LogP contribution in [-0.2, 0) is 4.74 Å². The number of nitrogens with one attached hydrogen (secondary N) is 1. The number of pyridine rings is 1. The molecule has 0 saturated heterocycles. The number of carbonyl (C=O) groups is 2. The lowest BCUT2D eigenvalue weighted by molar-refractivity contribution is 0.0526. The molecular weight excluding hydrogens is 346 g/mol. The molecule has 7 nitrogen and oxygen atoms in total. The number of ether oxygens (including phenoxy) is 1. The van der Waals surface area contributed by atoms with Gasteiger partial charge in [-0.1, -0.05) is 12.1 Å². The van der Waals surface area contributed by atoms with Crippen molar-refractivity contribution in [3.8, 4) is 11.3 Å². The molecule has 0 aliphatic rings. The number of hydrazone groups is 1. The molecule has 2 aromatic heterocycles. The summed E-state index contributed by atoms with van der Waals surface area (Å²) in [5.74, 6) is 0.304. The Labute approximate surface area is 155 Å². The molecule has 0 atom stereocenters. The summed E-state index contributed by atoms with van der Waals surface area (Å²) in [4.78, 5) is 27.6. The first-order chi connectivity index (χ1) is 13.2. The Morgan fingerprint density at radius 2 is 1.96 bits per heavy atom. The van der Waals surface area contributed by atoms with E-state index >= 15 is 0 Å². The number of carbonyl (C=O) groups excluding carboxylic acids is 2. The Kier molecular flexibility index (Phi) is 5.73. The van der Waals surface area contributed by atoms with Crippen molar-refractivity contribution in [3.05, 3.63) is 77.8 Å². The van der Waals surface area contributed by atoms with Crippen LogP contribution in [-0.4, -0.2) is 29.7 Å². The van der Waals surface area contributed by atoms with Gasteiger partial charge in [0.25, 0.3) is 5.91 Å². The minimum Gasteiger partial charge on any atom is -0.462 e. The van der Waals surface area contributed by atoms with Crippen molar-refractivity contribution < 1.29 is 18.7 Å². The predicted molar refractivity (Wildman–Crippen MR) is 99.4 cm³/mol. The quantitative estimate of drug-likeness (QED) is 0.412. The Hall–Kier alpha value is -3.74. The number of benzene rings is 1. The summed E-state index contributed by atoms with van der Waals surface area (Å²) in [5, 5.41) is 3.88. The van der Waals surface area contributed by atoms with Gasteiger partial charge in [0.1, 0.15) is 11.5 Å². The minimum absolute atomic E-state index is 0.315. The molecule has 136 valence electrons. The maximum absolute atomic E-state index is 11.9. The fourth-order valence-electron chi connectivity index (χ4n) is 2.31. The van der Waals surface area contributed by atoms with Crippen molar-refractivity contribution in [2.45, 2.75) is 6.92 Å². The lowest BCUT2D eigenvalue weighted by Gasteiger charge is -2.03. The van der Waals surface area contributed by atoms with Crippen LogP contribution >= 0.6 is 0 Å². The van der Waals surface area contributed by atoms with E-state index in [0.717, 1.165) is 5.56 Å². The van der Waals surface area contributed by atoms with E-state index in [1.807, 2.05) is 6.07 Å². The van der Waals surface area contributed by atoms with Gasteiger partial charge in [0.15, 0.2) is 0 Å². The number of nitrogens with zero attached hydrogens (tertiary/aromatic N) is 2. The zero-order chi connectivity index (χ0) is 19.1. The molecule has 1 aromatic carbocycles. The third-order valence-electron chi connectivity index (χ3n) is 3.59. The van der Waals surface area contributed by atoms with Gasteiger partial charge in [0, 0.05) is 23.5 Å². The van der Waals surface area contributed by atoms with Crippen LogP contribution in [0.25, 0.3) is 11.3 Å². The van der Waals surface area contributed by atoms with Gasteiger partial charge in [-0.25, -0.2) is 10.2 Å². The van der Waals surface area contributed by atoms with E-state index in [-0.39, 0.29) is 11.9 Å². The van der Waals surface area contributed by atoms with Crippen LogP contribution < -0.4 is 5.43 Å². The van der Waals surface area contributed by atoms with Gasteiger partial charge >= 0.3 is 5.97 Å². The number of amides is 1. The maximum Gasteiger partial charge on any atom is 0.338 e. The second kappa shape index (κ2) is 8.57. The molecule has 0 bridgehead atoms. The van der Waals surface area contributed by atoms with Gasteiger partial charge in [-0.15, -0.1) is 0 Å². The standard InChI is InChI=1S/C20H17N3O4/c1-2-26-20(25)16-5-3-4-15(12-16)18-7-6-17(27-18)13-22-23-19(24)14-8-10-21-11-9-14/h3-13H,2H2,1H3,(H,23,24). The fraction of sp³-hybridized carbons (Fsp3) is 0.100. The summed E-state index contributed by atoms with van der Waals surface area (Å²) >= 11 is 0. The highest BCUT2D eigenvalue weighted by atomic mass is 16.5. The second-order valence-corrected chi connectivity index (χ2v) is 5.44. The van der Waals surface area contributed by atoms with E-state index < -0.39 is 0 Å². The highest BCUT2D eigenvalue weighted by Gasteiger charge is 2.10. The maximum atomic E-state index is 11.9. The van der Waals surface area contributed by atoms with Crippen molar-refractivity contribution in [3.63, 3.8) is 0 Å². The summed E-state index contributed by atoms with van der Waals surface area (Å²) < 4.78 is 10.7. The molecule has 3 aromatic rings. The Morgan fingerprint density at radius 3 is 2.74 bits per heavy atom. The molecule has 0 radical (unpaired) electrons. The molecule has 0 aliphatic carbocycles. The van der Waals surface area contributed by atoms with Crippen molar-refractivity contribution in [1.82, 2.24) is 10.4 Å². The normalized spacial score (nSPS) is 10.7. The minimum atomic E-state index is -0.383. The smallest absolute Gasteiger partial charge is 0.338 e. The first-order valence-electron chi connectivity index (χ1n) is 8.28. The average molecular weight is 363 g/mol. The van der Waals surface area contributed by atoms with Gasteiger partial charge in [-0.05, 0) is 43.3 Å². The summed E-state index contributed by atoms with van der Waals surface area (Å²) in [6.45, 7) is 2.07. The van der Waals surface area contributed by atoms with E-state index in [1.54, 1.807) is 49.4 Å². The molecule has 3 rings (SSSR count). The lowest BCUT2D eigenvalue weighted by atomic mass is 10.1. The van der Waals surface area contributed by atoms with E-state index in [4.69, 9.17) is 9.15 Å². The van der Waals surface area contributed by atoms with Crippen LogP contribution in [0.2, 0.25) is 0 Å². The van der Waals surface area contributed by atoms with Crippen LogP contribution in [0.1, 0.15) is 33.4 Å². The molecule has 2 heterocycles. The first-order valence-corrected chi connectivity index (χ1v) is 8.28. The van der Waals surface area contributed by atoms with Crippen LogP contribution in [0.4, 0.5) is 0 Å². The molecule has 7 heteroatoms. The van der Waals surface area contributed by atoms with E-state index in [9.17, 15) is 9.59 Å². The lowest BCUT2D eigenvalue weighted by Crippen LogP contribution is -2.17. The number of esters is 1. The molecule has 27 heavy (non-hydrogen) atoms. The summed E-state index contributed by atoms with van der Waals surface area (Å²) in [7, 11) is 0. The largest absolute Gasteiger partial charge is 0.462 e. The third-order valence-corrected chi connectivity index (χ3v) is 3.59. The molecule has 0 unspecified atom stereocenters. The average Bonchev–Trinajstić information content (AvgIpc) is 3.18. The van der Waals surface area contributed by atoms with Crippen LogP contribution in [0.15, 0.2) is 70.4 Å². The van der Waals surface area contributed by atoms with Crippen LogP contribution in [0.3, 0.4) is 0 Å². The Balaban J connectivity index is 1.67. The van der Waals surface area contributed by atoms with Gasteiger partial charge in [-0.3, -0.25) is 9.78 Å². The number of furan rings is 1. The SMILES string of the molecule is CCOC(=O)c1cccc(-c2ccc(C=NNC(=O)c3ccncc3)o2)c1. The summed E-state index contributed by atoms with van der Waals surface area (Å²) in [6.07, 6.45) is 4.46. The van der Waals surface area contributed by atoms with Crippen LogP contribution in [0, 0.1) is 0 Å². The Morgan fingerprint density at radius 1 is 1.15 bits per heavy atom. The predicted octanol–water partition coefficient (Wildman–Crippen LogP) is 3.28. The van der Waals surface area contributed by atoms with Crippen molar-refractivity contribution in [2.75, 3.05) is 6.61 Å². The topological polar surface area (TPSA) is 93.8 Å². The first kappa shape index (κ1) is 18.1. The molecule has 1 N–H and O–H groups in total. The van der Waals surface area contributed by atoms with E-state index in [1.165, 1.54) is 18.6 Å². The zero-order valence-corrected chi connectivity index (χ0v) is 14.6.